The summed E-state index contributed by atoms with van der Waals surface area (Å²) >= 11 is 0. The van der Waals surface area contributed by atoms with E-state index in [-0.39, 0.29) is 11.7 Å². The van der Waals surface area contributed by atoms with Gasteiger partial charge in [0.2, 0.25) is 5.82 Å². The number of nitro groups is 1. The van der Waals surface area contributed by atoms with Crippen LogP contribution in [0.2, 0.25) is 0 Å². The van der Waals surface area contributed by atoms with E-state index in [0.29, 0.717) is 19.0 Å². The minimum atomic E-state index is -0.532. The summed E-state index contributed by atoms with van der Waals surface area (Å²) in [5.41, 5.74) is 0. The highest BCUT2D eigenvalue weighted by molar-refractivity contribution is 5.35. The van der Waals surface area contributed by atoms with Crippen molar-refractivity contribution in [3.63, 3.8) is 0 Å². The second-order valence-corrected chi connectivity index (χ2v) is 3.31. The molecule has 0 fully saturated rings. The van der Waals surface area contributed by atoms with Crippen LogP contribution in [0.1, 0.15) is 12.7 Å². The fourth-order valence-electron chi connectivity index (χ4n) is 1.25. The molecule has 1 aromatic heterocycles. The molecule has 0 amide bonds. The summed E-state index contributed by atoms with van der Waals surface area (Å²) in [4.78, 5) is 14.0. The van der Waals surface area contributed by atoms with Gasteiger partial charge in [-0.1, -0.05) is 6.92 Å². The Labute approximate surface area is 93.6 Å². The summed E-state index contributed by atoms with van der Waals surface area (Å²) < 4.78 is 6.92. The molecule has 1 N–H and O–H groups in total. The van der Waals surface area contributed by atoms with E-state index in [2.05, 4.69) is 10.3 Å². The molecule has 0 aliphatic carbocycles. The first-order valence-electron chi connectivity index (χ1n) is 5.09. The molecule has 0 spiro atoms. The van der Waals surface area contributed by atoms with Gasteiger partial charge >= 0.3 is 5.82 Å². The lowest BCUT2D eigenvalue weighted by atomic mass is 10.6. The Balaban J connectivity index is 2.73. The molecule has 1 rings (SSSR count). The Morgan fingerprint density at radius 2 is 2.31 bits per heavy atom. The smallest absolute Gasteiger partial charge is 0.426 e. The van der Waals surface area contributed by atoms with Crippen LogP contribution in [0.3, 0.4) is 0 Å². The van der Waals surface area contributed by atoms with Crippen LogP contribution in [-0.4, -0.2) is 34.2 Å². The Bertz CT molecular complexity index is 375. The molecule has 0 atom stereocenters. The summed E-state index contributed by atoms with van der Waals surface area (Å²) in [5.74, 6) is 0.544. The first kappa shape index (κ1) is 12.4. The van der Waals surface area contributed by atoms with Gasteiger partial charge in [0.15, 0.2) is 0 Å². The standard InChI is InChI=1S/C9H16N4O3/c1-4-10-5-6-16-9-8(13(14)15)11-7(2)12(9)3/h10H,4-6H2,1-3H3. The third kappa shape index (κ3) is 2.69. The number of hydrogen-bond acceptors (Lipinski definition) is 5. The zero-order valence-electron chi connectivity index (χ0n) is 9.69. The average molecular weight is 228 g/mol. The third-order valence-electron chi connectivity index (χ3n) is 2.19. The zero-order chi connectivity index (χ0) is 12.1. The van der Waals surface area contributed by atoms with Gasteiger partial charge in [0.25, 0.3) is 5.88 Å². The first-order chi connectivity index (χ1) is 7.57. The van der Waals surface area contributed by atoms with E-state index >= 15 is 0 Å². The van der Waals surface area contributed by atoms with Gasteiger partial charge in [0.1, 0.15) is 6.61 Å². The molecule has 0 radical (unpaired) electrons. The molecular weight excluding hydrogens is 212 g/mol. The number of aryl methyl sites for hydroxylation is 1. The van der Waals surface area contributed by atoms with E-state index in [4.69, 9.17) is 4.74 Å². The predicted molar refractivity (Wildman–Crippen MR) is 58.6 cm³/mol. The summed E-state index contributed by atoms with van der Waals surface area (Å²) in [6.07, 6.45) is 0. The van der Waals surface area contributed by atoms with E-state index in [0.717, 1.165) is 6.54 Å². The summed E-state index contributed by atoms with van der Waals surface area (Å²) in [5, 5.41) is 13.8. The Morgan fingerprint density at radius 3 is 2.88 bits per heavy atom. The minimum Gasteiger partial charge on any atom is -0.471 e. The van der Waals surface area contributed by atoms with E-state index in [1.165, 1.54) is 0 Å². The van der Waals surface area contributed by atoms with Gasteiger partial charge in [-0.2, -0.15) is 0 Å². The van der Waals surface area contributed by atoms with Crippen LogP contribution in [0.15, 0.2) is 0 Å². The van der Waals surface area contributed by atoms with Crippen molar-refractivity contribution in [2.24, 2.45) is 7.05 Å². The highest BCUT2D eigenvalue weighted by atomic mass is 16.6. The molecular formula is C9H16N4O3. The predicted octanol–water partition coefficient (Wildman–Crippen LogP) is 0.625. The monoisotopic (exact) mass is 228 g/mol. The van der Waals surface area contributed by atoms with Crippen LogP contribution >= 0.6 is 0 Å². The Morgan fingerprint density at radius 1 is 1.62 bits per heavy atom. The number of nitrogens with one attached hydrogen (secondary N) is 1. The van der Waals surface area contributed by atoms with Gasteiger partial charge in [-0.05, 0) is 16.5 Å². The van der Waals surface area contributed by atoms with Crippen LogP contribution in [-0.2, 0) is 7.05 Å². The lowest BCUT2D eigenvalue weighted by Crippen LogP contribution is -2.21. The molecule has 1 heterocycles. The number of aromatic nitrogens is 2. The maximum absolute atomic E-state index is 10.7. The van der Waals surface area contributed by atoms with Crippen molar-refractivity contribution >= 4 is 5.82 Å². The highest BCUT2D eigenvalue weighted by Gasteiger charge is 2.24. The molecule has 0 aliphatic rings. The number of rotatable bonds is 6. The van der Waals surface area contributed by atoms with Gasteiger partial charge in [0, 0.05) is 20.5 Å². The second kappa shape index (κ2) is 5.45. The molecule has 0 aromatic carbocycles. The Hall–Kier alpha value is -1.63. The number of likely N-dealkylation sites (N-methyl/N-ethyl adjacent to an activating group) is 1. The van der Waals surface area contributed by atoms with Crippen molar-refractivity contribution in [2.45, 2.75) is 13.8 Å². The van der Waals surface area contributed by atoms with E-state index < -0.39 is 4.92 Å². The third-order valence-corrected chi connectivity index (χ3v) is 2.19. The van der Waals surface area contributed by atoms with Crippen molar-refractivity contribution in [1.82, 2.24) is 14.9 Å². The molecule has 0 saturated heterocycles. The molecule has 0 unspecified atom stereocenters. The lowest BCUT2D eigenvalue weighted by molar-refractivity contribution is -0.390. The topological polar surface area (TPSA) is 82.2 Å². The SMILES string of the molecule is CCNCCOc1c([N+](=O)[O-])nc(C)n1C. The molecule has 7 nitrogen and oxygen atoms in total. The van der Waals surface area contributed by atoms with Crippen molar-refractivity contribution < 1.29 is 9.66 Å². The van der Waals surface area contributed by atoms with Crippen molar-refractivity contribution in [2.75, 3.05) is 19.7 Å². The summed E-state index contributed by atoms with van der Waals surface area (Å²) in [6, 6.07) is 0. The number of imidazole rings is 1. The largest absolute Gasteiger partial charge is 0.471 e. The van der Waals surface area contributed by atoms with Crippen molar-refractivity contribution in [1.29, 1.82) is 0 Å². The molecule has 0 aliphatic heterocycles. The maximum Gasteiger partial charge on any atom is 0.426 e. The van der Waals surface area contributed by atoms with Gasteiger partial charge in [-0.3, -0.25) is 4.57 Å². The van der Waals surface area contributed by atoms with Crippen LogP contribution in [0.25, 0.3) is 0 Å². The van der Waals surface area contributed by atoms with Crippen LogP contribution < -0.4 is 10.1 Å². The highest BCUT2D eigenvalue weighted by Crippen LogP contribution is 2.25. The summed E-state index contributed by atoms with van der Waals surface area (Å²) in [7, 11) is 1.69. The van der Waals surface area contributed by atoms with Gasteiger partial charge in [-0.25, -0.2) is 0 Å². The zero-order valence-corrected chi connectivity index (χ0v) is 9.69. The van der Waals surface area contributed by atoms with Crippen LogP contribution in [0.5, 0.6) is 5.88 Å². The molecule has 0 saturated carbocycles. The maximum atomic E-state index is 10.7. The molecule has 90 valence electrons. The number of ether oxygens (including phenoxy) is 1. The van der Waals surface area contributed by atoms with Gasteiger partial charge in [-0.15, -0.1) is 0 Å². The minimum absolute atomic E-state index is 0.209. The van der Waals surface area contributed by atoms with E-state index in [9.17, 15) is 10.1 Å². The fraction of sp³-hybridized carbons (Fsp3) is 0.667. The molecule has 0 bridgehead atoms. The van der Waals surface area contributed by atoms with Crippen molar-refractivity contribution in [3.8, 4) is 5.88 Å². The number of nitrogens with zero attached hydrogens (tertiary/aromatic N) is 3. The molecule has 16 heavy (non-hydrogen) atoms. The fourth-order valence-corrected chi connectivity index (χ4v) is 1.25. The average Bonchev–Trinajstić information content (AvgIpc) is 2.52. The summed E-state index contributed by atoms with van der Waals surface area (Å²) in [6.45, 7) is 5.56. The number of hydrogen-bond donors (Lipinski definition) is 1. The molecule has 7 heteroatoms. The lowest BCUT2D eigenvalue weighted by Gasteiger charge is -2.06. The van der Waals surface area contributed by atoms with Gasteiger partial charge < -0.3 is 20.2 Å². The van der Waals surface area contributed by atoms with Crippen LogP contribution in [0, 0.1) is 17.0 Å². The van der Waals surface area contributed by atoms with Crippen LogP contribution in [0.4, 0.5) is 5.82 Å². The van der Waals surface area contributed by atoms with Gasteiger partial charge in [0.05, 0.1) is 0 Å². The van der Waals surface area contributed by atoms with E-state index in [1.807, 2.05) is 6.92 Å². The van der Waals surface area contributed by atoms with E-state index in [1.54, 1.807) is 18.5 Å². The Kier molecular flexibility index (Phi) is 4.24. The first-order valence-corrected chi connectivity index (χ1v) is 5.09. The normalized spacial score (nSPS) is 10.4. The quantitative estimate of drug-likeness (QED) is 0.438. The van der Waals surface area contributed by atoms with Crippen molar-refractivity contribution in [3.05, 3.63) is 15.9 Å². The molecule has 1 aromatic rings. The second-order valence-electron chi connectivity index (χ2n) is 3.31.